The first kappa shape index (κ1) is 15.5. The fraction of sp³-hybridized carbons (Fsp3) is 0.385. The molecule has 0 aromatic heterocycles. The van der Waals surface area contributed by atoms with E-state index in [9.17, 15) is 9.59 Å². The summed E-state index contributed by atoms with van der Waals surface area (Å²) >= 11 is 3.38. The zero-order chi connectivity index (χ0) is 14.4. The number of carboxylic acid groups (broad SMARTS) is 1. The van der Waals surface area contributed by atoms with Gasteiger partial charge in [-0.1, -0.05) is 48.0 Å². The van der Waals surface area contributed by atoms with E-state index in [1.165, 1.54) is 0 Å². The molecule has 1 atom stereocenters. The SMILES string of the molecule is CC(C)[C@H](NC(=O)NCc1ccccc1Br)C(=O)O. The number of hydrogen-bond acceptors (Lipinski definition) is 2. The van der Waals surface area contributed by atoms with Gasteiger partial charge in [0.1, 0.15) is 6.04 Å². The molecule has 0 saturated heterocycles. The Bertz CT molecular complexity index is 463. The topological polar surface area (TPSA) is 78.4 Å². The van der Waals surface area contributed by atoms with Gasteiger partial charge in [0.15, 0.2) is 0 Å². The van der Waals surface area contributed by atoms with Crippen LogP contribution in [0.15, 0.2) is 28.7 Å². The van der Waals surface area contributed by atoms with E-state index in [1.807, 2.05) is 24.3 Å². The van der Waals surface area contributed by atoms with Crippen LogP contribution in [0.25, 0.3) is 0 Å². The summed E-state index contributed by atoms with van der Waals surface area (Å²) in [5.74, 6) is -1.21. The highest BCUT2D eigenvalue weighted by Crippen LogP contribution is 2.15. The molecule has 104 valence electrons. The predicted molar refractivity (Wildman–Crippen MR) is 75.8 cm³/mol. The molecule has 0 fully saturated rings. The second-order valence-electron chi connectivity index (χ2n) is 4.48. The zero-order valence-corrected chi connectivity index (χ0v) is 12.4. The van der Waals surface area contributed by atoms with Crippen molar-refractivity contribution in [3.8, 4) is 0 Å². The number of carbonyl (C=O) groups is 2. The van der Waals surface area contributed by atoms with Crippen molar-refractivity contribution in [1.82, 2.24) is 10.6 Å². The zero-order valence-electron chi connectivity index (χ0n) is 10.8. The van der Waals surface area contributed by atoms with Crippen LogP contribution in [0.1, 0.15) is 19.4 Å². The van der Waals surface area contributed by atoms with E-state index >= 15 is 0 Å². The van der Waals surface area contributed by atoms with Gasteiger partial charge < -0.3 is 15.7 Å². The van der Waals surface area contributed by atoms with Crippen LogP contribution in [0.2, 0.25) is 0 Å². The molecular weight excluding hydrogens is 312 g/mol. The molecule has 0 spiro atoms. The van der Waals surface area contributed by atoms with Crippen LogP contribution in [-0.4, -0.2) is 23.1 Å². The molecule has 5 nitrogen and oxygen atoms in total. The molecule has 0 aliphatic carbocycles. The summed E-state index contributed by atoms with van der Waals surface area (Å²) in [6.45, 7) is 3.82. The van der Waals surface area contributed by atoms with Gasteiger partial charge in [0.25, 0.3) is 0 Å². The molecule has 19 heavy (non-hydrogen) atoms. The highest BCUT2D eigenvalue weighted by molar-refractivity contribution is 9.10. The maximum atomic E-state index is 11.6. The van der Waals surface area contributed by atoms with E-state index in [2.05, 4.69) is 26.6 Å². The van der Waals surface area contributed by atoms with Gasteiger partial charge in [0.05, 0.1) is 0 Å². The molecule has 0 saturated carbocycles. The summed E-state index contributed by atoms with van der Waals surface area (Å²) in [6.07, 6.45) is 0. The molecule has 6 heteroatoms. The molecule has 1 aromatic carbocycles. The number of halogens is 1. The molecule has 0 heterocycles. The quantitative estimate of drug-likeness (QED) is 0.776. The van der Waals surface area contributed by atoms with Gasteiger partial charge in [0.2, 0.25) is 0 Å². The normalized spacial score (nSPS) is 12.0. The van der Waals surface area contributed by atoms with Crippen LogP contribution in [-0.2, 0) is 11.3 Å². The molecule has 0 aliphatic heterocycles. The van der Waals surface area contributed by atoms with Gasteiger partial charge in [0, 0.05) is 11.0 Å². The average Bonchev–Trinajstić information content (AvgIpc) is 2.34. The Morgan fingerprint density at radius 3 is 2.47 bits per heavy atom. The van der Waals surface area contributed by atoms with Gasteiger partial charge >= 0.3 is 12.0 Å². The standard InChI is InChI=1S/C13H17BrN2O3/c1-8(2)11(12(17)18)16-13(19)15-7-9-5-3-4-6-10(9)14/h3-6,8,11H,7H2,1-2H3,(H,17,18)(H2,15,16,19)/t11-/m0/s1. The van der Waals surface area contributed by atoms with E-state index in [4.69, 9.17) is 5.11 Å². The monoisotopic (exact) mass is 328 g/mol. The Labute approximate surface area is 120 Å². The highest BCUT2D eigenvalue weighted by Gasteiger charge is 2.23. The number of hydrogen-bond donors (Lipinski definition) is 3. The lowest BCUT2D eigenvalue weighted by Gasteiger charge is -2.18. The smallest absolute Gasteiger partial charge is 0.326 e. The van der Waals surface area contributed by atoms with E-state index in [0.29, 0.717) is 6.54 Å². The predicted octanol–water partition coefficient (Wildman–Crippen LogP) is 2.36. The van der Waals surface area contributed by atoms with Gasteiger partial charge in [-0.05, 0) is 17.5 Å². The number of urea groups is 1. The fourth-order valence-corrected chi connectivity index (χ4v) is 1.95. The van der Waals surface area contributed by atoms with Crippen LogP contribution in [0, 0.1) is 5.92 Å². The third-order valence-electron chi connectivity index (χ3n) is 2.62. The maximum absolute atomic E-state index is 11.6. The third kappa shape index (κ3) is 4.90. The molecular formula is C13H17BrN2O3. The lowest BCUT2D eigenvalue weighted by Crippen LogP contribution is -2.48. The van der Waals surface area contributed by atoms with E-state index < -0.39 is 18.0 Å². The Kier molecular flexibility index (Phi) is 5.82. The first-order valence-electron chi connectivity index (χ1n) is 5.92. The van der Waals surface area contributed by atoms with Crippen molar-refractivity contribution in [3.05, 3.63) is 34.3 Å². The lowest BCUT2D eigenvalue weighted by molar-refractivity contribution is -0.140. The molecule has 0 unspecified atom stereocenters. The molecule has 1 rings (SSSR count). The van der Waals surface area contributed by atoms with Crippen molar-refractivity contribution < 1.29 is 14.7 Å². The number of carbonyl (C=O) groups excluding carboxylic acids is 1. The fourth-order valence-electron chi connectivity index (χ4n) is 1.52. The van der Waals surface area contributed by atoms with Gasteiger partial charge in [-0.2, -0.15) is 0 Å². The van der Waals surface area contributed by atoms with Crippen LogP contribution >= 0.6 is 15.9 Å². The van der Waals surface area contributed by atoms with Crippen molar-refractivity contribution >= 4 is 27.9 Å². The van der Waals surface area contributed by atoms with Crippen molar-refractivity contribution in [2.75, 3.05) is 0 Å². The third-order valence-corrected chi connectivity index (χ3v) is 3.39. The number of nitrogens with one attached hydrogen (secondary N) is 2. The number of rotatable bonds is 5. The Hall–Kier alpha value is -1.56. The Morgan fingerprint density at radius 1 is 1.32 bits per heavy atom. The molecule has 0 bridgehead atoms. The number of carboxylic acids is 1. The summed E-state index contributed by atoms with van der Waals surface area (Å²) in [6, 6.07) is 6.13. The average molecular weight is 329 g/mol. The minimum absolute atomic E-state index is 0.174. The number of aliphatic carboxylic acids is 1. The summed E-state index contributed by atoms with van der Waals surface area (Å²) in [4.78, 5) is 22.6. The molecule has 1 aromatic rings. The molecule has 3 N–H and O–H groups in total. The van der Waals surface area contributed by atoms with Crippen LogP contribution in [0.3, 0.4) is 0 Å². The lowest BCUT2D eigenvalue weighted by atomic mass is 10.1. The van der Waals surface area contributed by atoms with Crippen molar-refractivity contribution in [1.29, 1.82) is 0 Å². The van der Waals surface area contributed by atoms with Crippen LogP contribution < -0.4 is 10.6 Å². The highest BCUT2D eigenvalue weighted by atomic mass is 79.9. The Balaban J connectivity index is 2.52. The summed E-state index contributed by atoms with van der Waals surface area (Å²) in [5.41, 5.74) is 0.925. The van der Waals surface area contributed by atoms with Gasteiger partial charge in [-0.25, -0.2) is 9.59 Å². The largest absolute Gasteiger partial charge is 0.480 e. The number of amides is 2. The summed E-state index contributed by atoms with van der Waals surface area (Å²) in [7, 11) is 0. The van der Waals surface area contributed by atoms with E-state index in [0.717, 1.165) is 10.0 Å². The second kappa shape index (κ2) is 7.13. The van der Waals surface area contributed by atoms with Crippen molar-refractivity contribution in [2.45, 2.75) is 26.4 Å². The molecule has 2 amide bonds. The van der Waals surface area contributed by atoms with Crippen LogP contribution in [0.4, 0.5) is 4.79 Å². The van der Waals surface area contributed by atoms with Crippen LogP contribution in [0.5, 0.6) is 0 Å². The second-order valence-corrected chi connectivity index (χ2v) is 5.33. The van der Waals surface area contributed by atoms with Gasteiger partial charge in [-0.15, -0.1) is 0 Å². The number of benzene rings is 1. The first-order valence-corrected chi connectivity index (χ1v) is 6.71. The summed E-state index contributed by atoms with van der Waals surface area (Å²) < 4.78 is 0.897. The van der Waals surface area contributed by atoms with Crippen molar-refractivity contribution in [2.24, 2.45) is 5.92 Å². The maximum Gasteiger partial charge on any atom is 0.326 e. The minimum Gasteiger partial charge on any atom is -0.480 e. The molecule has 0 aliphatic rings. The molecule has 0 radical (unpaired) electrons. The Morgan fingerprint density at radius 2 is 1.95 bits per heavy atom. The first-order chi connectivity index (χ1) is 8.91. The van der Waals surface area contributed by atoms with E-state index in [-0.39, 0.29) is 5.92 Å². The summed E-state index contributed by atoms with van der Waals surface area (Å²) in [5, 5.41) is 14.0. The van der Waals surface area contributed by atoms with E-state index in [1.54, 1.807) is 13.8 Å². The minimum atomic E-state index is -1.04. The van der Waals surface area contributed by atoms with Gasteiger partial charge in [-0.3, -0.25) is 0 Å². The van der Waals surface area contributed by atoms with Crippen molar-refractivity contribution in [3.63, 3.8) is 0 Å².